The van der Waals surface area contributed by atoms with Crippen LogP contribution in [0.25, 0.3) is 10.9 Å². The van der Waals surface area contributed by atoms with Crippen LogP contribution in [0.5, 0.6) is 0 Å². The average Bonchev–Trinajstić information content (AvgIpc) is 3.01. The molecule has 0 aliphatic carbocycles. The predicted molar refractivity (Wildman–Crippen MR) is 89.6 cm³/mol. The fourth-order valence-electron chi connectivity index (χ4n) is 3.32. The van der Waals surface area contributed by atoms with E-state index in [1.54, 1.807) is 4.90 Å². The second-order valence-corrected chi connectivity index (χ2v) is 8.05. The number of carbonyl (C=O) groups is 1. The first-order valence-corrected chi connectivity index (χ1v) is 9.32. The Morgan fingerprint density at radius 2 is 2.09 bits per heavy atom. The minimum Gasteiger partial charge on any atom is -0.340 e. The lowest BCUT2D eigenvalue weighted by atomic mass is 10.2. The number of primary sulfonamides is 1. The molecule has 0 bridgehead atoms. The maximum Gasteiger partial charge on any atom is 0.270 e. The number of rotatable bonds is 3. The van der Waals surface area contributed by atoms with Gasteiger partial charge in [0.05, 0.1) is 5.75 Å². The van der Waals surface area contributed by atoms with Gasteiger partial charge in [-0.25, -0.2) is 13.6 Å². The smallest absolute Gasteiger partial charge is 0.270 e. The van der Waals surface area contributed by atoms with E-state index in [4.69, 9.17) is 5.14 Å². The topological polar surface area (TPSA) is 85.4 Å². The van der Waals surface area contributed by atoms with Crippen molar-refractivity contribution in [2.75, 3.05) is 18.8 Å². The summed E-state index contributed by atoms with van der Waals surface area (Å²) in [6.45, 7) is 3.03. The fourth-order valence-corrected chi connectivity index (χ4v) is 4.25. The molecule has 1 atom stereocenters. The monoisotopic (exact) mass is 335 g/mol. The number of likely N-dealkylation sites (tertiary alicyclic amines) is 1. The highest BCUT2D eigenvalue weighted by Gasteiger charge is 2.30. The Bertz CT molecular complexity index is 870. The summed E-state index contributed by atoms with van der Waals surface area (Å²) in [6.07, 6.45) is 0.672. The maximum absolute atomic E-state index is 12.8. The van der Waals surface area contributed by atoms with Crippen LogP contribution in [-0.4, -0.2) is 42.6 Å². The molecule has 1 amide bonds. The van der Waals surface area contributed by atoms with Gasteiger partial charge < -0.3 is 9.47 Å². The second kappa shape index (κ2) is 5.65. The zero-order valence-electron chi connectivity index (χ0n) is 13.3. The number of benzene rings is 1. The minimum absolute atomic E-state index is 0.0572. The van der Waals surface area contributed by atoms with Gasteiger partial charge in [0.25, 0.3) is 5.91 Å². The van der Waals surface area contributed by atoms with Crippen molar-refractivity contribution in [1.29, 1.82) is 0 Å². The molecule has 1 saturated heterocycles. The Morgan fingerprint density at radius 3 is 2.78 bits per heavy atom. The molecule has 2 heterocycles. The molecule has 0 saturated carbocycles. The highest BCUT2D eigenvalue weighted by molar-refractivity contribution is 7.89. The average molecular weight is 335 g/mol. The molecule has 3 rings (SSSR count). The van der Waals surface area contributed by atoms with Crippen LogP contribution in [0.15, 0.2) is 24.3 Å². The number of aryl methyl sites for hydroxylation is 2. The van der Waals surface area contributed by atoms with Crippen LogP contribution in [0, 0.1) is 12.8 Å². The van der Waals surface area contributed by atoms with Crippen LogP contribution < -0.4 is 5.14 Å². The van der Waals surface area contributed by atoms with Crippen LogP contribution >= 0.6 is 0 Å². The highest BCUT2D eigenvalue weighted by Crippen LogP contribution is 2.24. The zero-order valence-corrected chi connectivity index (χ0v) is 14.1. The first kappa shape index (κ1) is 16.0. The van der Waals surface area contributed by atoms with E-state index in [1.807, 2.05) is 36.7 Å². The summed E-state index contributed by atoms with van der Waals surface area (Å²) in [5.41, 5.74) is 2.79. The molecule has 1 aromatic carbocycles. The van der Waals surface area contributed by atoms with Crippen LogP contribution in [0.3, 0.4) is 0 Å². The van der Waals surface area contributed by atoms with Crippen molar-refractivity contribution >= 4 is 26.8 Å². The van der Waals surface area contributed by atoms with Gasteiger partial charge in [-0.3, -0.25) is 4.79 Å². The Hall–Kier alpha value is -1.86. The summed E-state index contributed by atoms with van der Waals surface area (Å²) in [5, 5.41) is 6.14. The molecule has 124 valence electrons. The van der Waals surface area contributed by atoms with Crippen molar-refractivity contribution in [2.24, 2.45) is 18.1 Å². The molecular weight excluding hydrogens is 314 g/mol. The van der Waals surface area contributed by atoms with E-state index in [0.29, 0.717) is 25.2 Å². The minimum atomic E-state index is -3.50. The molecule has 1 aliphatic rings. The van der Waals surface area contributed by atoms with E-state index in [-0.39, 0.29) is 17.6 Å². The largest absolute Gasteiger partial charge is 0.340 e. The highest BCUT2D eigenvalue weighted by atomic mass is 32.2. The van der Waals surface area contributed by atoms with Crippen molar-refractivity contribution in [1.82, 2.24) is 9.47 Å². The second-order valence-electron chi connectivity index (χ2n) is 6.39. The maximum atomic E-state index is 12.8. The summed E-state index contributed by atoms with van der Waals surface area (Å²) in [6, 6.07) is 7.99. The number of sulfonamides is 1. The number of fused-ring (bicyclic) bond motifs is 1. The summed E-state index contributed by atoms with van der Waals surface area (Å²) >= 11 is 0. The first-order chi connectivity index (χ1) is 10.7. The Morgan fingerprint density at radius 1 is 1.35 bits per heavy atom. The number of hydrogen-bond acceptors (Lipinski definition) is 3. The molecule has 7 heteroatoms. The third kappa shape index (κ3) is 3.25. The Kier molecular flexibility index (Phi) is 3.93. The van der Waals surface area contributed by atoms with Gasteiger partial charge in [0.1, 0.15) is 5.69 Å². The molecular formula is C16H21N3O3S. The molecule has 1 unspecified atom stereocenters. The predicted octanol–water partition coefficient (Wildman–Crippen LogP) is 1.24. The third-order valence-electron chi connectivity index (χ3n) is 4.46. The van der Waals surface area contributed by atoms with Crippen molar-refractivity contribution in [2.45, 2.75) is 13.3 Å². The fraction of sp³-hybridized carbons (Fsp3) is 0.438. The molecule has 23 heavy (non-hydrogen) atoms. The van der Waals surface area contributed by atoms with E-state index in [9.17, 15) is 13.2 Å². The van der Waals surface area contributed by atoms with E-state index < -0.39 is 10.0 Å². The summed E-state index contributed by atoms with van der Waals surface area (Å²) in [5.74, 6) is -0.199. The van der Waals surface area contributed by atoms with Gasteiger partial charge in [-0.1, -0.05) is 11.6 Å². The number of carbonyl (C=O) groups excluding carboxylic acids is 1. The van der Waals surface area contributed by atoms with Crippen molar-refractivity contribution in [3.63, 3.8) is 0 Å². The van der Waals surface area contributed by atoms with Crippen molar-refractivity contribution in [3.05, 3.63) is 35.5 Å². The molecule has 2 N–H and O–H groups in total. The lowest BCUT2D eigenvalue weighted by molar-refractivity contribution is 0.0779. The quantitative estimate of drug-likeness (QED) is 0.915. The normalized spacial score (nSPS) is 18.7. The summed E-state index contributed by atoms with van der Waals surface area (Å²) in [7, 11) is -1.62. The van der Waals surface area contributed by atoms with Crippen LogP contribution in [0.1, 0.15) is 22.5 Å². The molecule has 1 aromatic heterocycles. The van der Waals surface area contributed by atoms with Gasteiger partial charge >= 0.3 is 0 Å². The summed E-state index contributed by atoms with van der Waals surface area (Å²) in [4.78, 5) is 14.5. The van der Waals surface area contributed by atoms with E-state index in [2.05, 4.69) is 6.07 Å². The SMILES string of the molecule is Cc1ccc2c(c1)cc(C(=O)N1CCC(CS(N)(=O)=O)C1)n2C. The standard InChI is InChI=1S/C16H21N3O3S/c1-11-3-4-14-13(7-11)8-15(18(14)2)16(20)19-6-5-12(9-19)10-23(17,21)22/h3-4,7-8,12H,5-6,9-10H2,1-2H3,(H2,17,21,22). The van der Waals surface area contributed by atoms with Crippen molar-refractivity contribution in [3.8, 4) is 0 Å². The van der Waals surface area contributed by atoms with Crippen molar-refractivity contribution < 1.29 is 13.2 Å². The molecule has 0 radical (unpaired) electrons. The van der Waals surface area contributed by atoms with Crippen LogP contribution in [-0.2, 0) is 17.1 Å². The van der Waals surface area contributed by atoms with Gasteiger partial charge in [0.2, 0.25) is 10.0 Å². The number of hydrogen-bond donors (Lipinski definition) is 1. The van der Waals surface area contributed by atoms with E-state index >= 15 is 0 Å². The number of aromatic nitrogens is 1. The molecule has 1 aliphatic heterocycles. The first-order valence-electron chi connectivity index (χ1n) is 7.60. The van der Waals surface area contributed by atoms with Gasteiger partial charge in [-0.2, -0.15) is 0 Å². The molecule has 6 nitrogen and oxygen atoms in total. The zero-order chi connectivity index (χ0) is 16.8. The number of amides is 1. The molecule has 0 spiro atoms. The lowest BCUT2D eigenvalue weighted by Crippen LogP contribution is -2.31. The van der Waals surface area contributed by atoms with E-state index in [1.165, 1.54) is 0 Å². The number of nitrogens with two attached hydrogens (primary N) is 1. The van der Waals surface area contributed by atoms with Gasteiger partial charge in [0.15, 0.2) is 0 Å². The third-order valence-corrected chi connectivity index (χ3v) is 5.39. The number of nitrogens with zero attached hydrogens (tertiary/aromatic N) is 2. The van der Waals surface area contributed by atoms with E-state index in [0.717, 1.165) is 16.5 Å². The van der Waals surface area contributed by atoms with Gasteiger partial charge in [-0.15, -0.1) is 0 Å². The Balaban J connectivity index is 1.83. The molecule has 1 fully saturated rings. The van der Waals surface area contributed by atoms with Crippen LogP contribution in [0.4, 0.5) is 0 Å². The molecule has 2 aromatic rings. The summed E-state index contributed by atoms with van der Waals surface area (Å²) < 4.78 is 24.3. The Labute approximate surface area is 135 Å². The lowest BCUT2D eigenvalue weighted by Gasteiger charge is -2.16. The van der Waals surface area contributed by atoms with Gasteiger partial charge in [0, 0.05) is 31.0 Å². The van der Waals surface area contributed by atoms with Crippen LogP contribution in [0.2, 0.25) is 0 Å². The van der Waals surface area contributed by atoms with Gasteiger partial charge in [-0.05, 0) is 37.5 Å².